The molecule has 0 aromatic carbocycles. The molecule has 114 valence electrons. The van der Waals surface area contributed by atoms with Crippen molar-refractivity contribution in [3.05, 3.63) is 11.4 Å². The summed E-state index contributed by atoms with van der Waals surface area (Å²) in [7, 11) is -3.20. The molecule has 20 heavy (non-hydrogen) atoms. The van der Waals surface area contributed by atoms with Crippen molar-refractivity contribution in [1.82, 2.24) is 9.58 Å². The molecule has 0 unspecified atom stereocenters. The molecule has 1 N–H and O–H groups in total. The van der Waals surface area contributed by atoms with Crippen molar-refractivity contribution in [2.24, 2.45) is 0 Å². The topological polar surface area (TPSA) is 111 Å². The van der Waals surface area contributed by atoms with E-state index in [2.05, 4.69) is 9.79 Å². The summed E-state index contributed by atoms with van der Waals surface area (Å²) in [5.74, 6) is -0.616. The van der Waals surface area contributed by atoms with Gasteiger partial charge in [-0.25, -0.2) is 8.42 Å². The van der Waals surface area contributed by atoms with Crippen molar-refractivity contribution in [3.63, 3.8) is 0 Å². The van der Waals surface area contributed by atoms with Crippen LogP contribution in [-0.2, 0) is 10.0 Å². The number of ketones is 1. The lowest BCUT2D eigenvalue weighted by Crippen LogP contribution is -2.67. The van der Waals surface area contributed by atoms with E-state index in [4.69, 9.17) is 5.73 Å². The predicted octanol–water partition coefficient (Wildman–Crippen LogP) is -0.517. The number of Topliss-reactive ketones (excluding diaryl/α,β-unsaturated/α-hetero) is 1. The summed E-state index contributed by atoms with van der Waals surface area (Å²) in [4.78, 5) is 12.7. The number of piperazine rings is 1. The molecule has 9 nitrogen and oxygen atoms in total. The number of halogens is 1. The number of carbonyl (C=O) groups is 1. The van der Waals surface area contributed by atoms with Gasteiger partial charge in [-0.15, -0.1) is 12.4 Å². The van der Waals surface area contributed by atoms with E-state index in [1.165, 1.54) is 16.0 Å². The standard InChI is InChI=1S/C9H15N5O4S.ClH/c1-7(15)8-9(10)18-11-14(8)12-3-5-13(6-4-12)19(2,16)17;/h3-6H2,1-2H3,(H-,10,11,15);1H. The minimum atomic E-state index is -3.20. The second-order valence-corrected chi connectivity index (χ2v) is 6.29. The molecule has 0 saturated carbocycles. The van der Waals surface area contributed by atoms with Gasteiger partial charge in [0.05, 0.1) is 24.1 Å². The minimum absolute atomic E-state index is 0. The van der Waals surface area contributed by atoms with Gasteiger partial charge in [0.15, 0.2) is 0 Å². The van der Waals surface area contributed by atoms with E-state index < -0.39 is 10.0 Å². The highest BCUT2D eigenvalue weighted by atomic mass is 35.5. The van der Waals surface area contributed by atoms with Crippen LogP contribution in [0.25, 0.3) is 5.73 Å². The molecule has 0 amide bonds. The van der Waals surface area contributed by atoms with Crippen LogP contribution in [0.1, 0.15) is 17.4 Å². The number of hydrogen-bond acceptors (Lipinski definition) is 6. The van der Waals surface area contributed by atoms with Crippen molar-refractivity contribution in [3.8, 4) is 0 Å². The second-order valence-electron chi connectivity index (χ2n) is 4.31. The highest BCUT2D eigenvalue weighted by molar-refractivity contribution is 7.88. The Balaban J connectivity index is 0.00000200. The van der Waals surface area contributed by atoms with E-state index >= 15 is 0 Å². The molecular weight excluding hydrogens is 310 g/mol. The van der Waals surface area contributed by atoms with Crippen LogP contribution in [0.5, 0.6) is 0 Å². The quantitative estimate of drug-likeness (QED) is 0.546. The fraction of sp³-hybridized carbons (Fsp3) is 0.667. The van der Waals surface area contributed by atoms with Gasteiger partial charge in [-0.1, -0.05) is 0 Å². The molecule has 2 rings (SSSR count). The summed E-state index contributed by atoms with van der Waals surface area (Å²) in [6, 6.07) is 0. The first-order valence-electron chi connectivity index (χ1n) is 5.65. The fourth-order valence-electron chi connectivity index (χ4n) is 1.95. The average Bonchev–Trinajstić information content (AvgIpc) is 2.70. The SMILES string of the molecule is CC(=O)c1c([NH-])on[n+]1N1CCN(S(C)(=O)=O)CC1.Cl. The lowest BCUT2D eigenvalue weighted by atomic mass is 10.3. The zero-order valence-corrected chi connectivity index (χ0v) is 12.7. The lowest BCUT2D eigenvalue weighted by molar-refractivity contribution is -0.760. The molecule has 1 aliphatic heterocycles. The van der Waals surface area contributed by atoms with E-state index in [0.717, 1.165) is 6.26 Å². The van der Waals surface area contributed by atoms with E-state index in [1.807, 2.05) is 0 Å². The Kier molecular flexibility index (Phi) is 4.95. The van der Waals surface area contributed by atoms with Crippen LogP contribution in [0.2, 0.25) is 0 Å². The van der Waals surface area contributed by atoms with E-state index in [9.17, 15) is 13.2 Å². The van der Waals surface area contributed by atoms with Gasteiger partial charge < -0.3 is 10.3 Å². The van der Waals surface area contributed by atoms with Gasteiger partial charge >= 0.3 is 5.69 Å². The van der Waals surface area contributed by atoms with Crippen LogP contribution in [0.3, 0.4) is 0 Å². The Bertz CT molecular complexity index is 593. The summed E-state index contributed by atoms with van der Waals surface area (Å²) < 4.78 is 28.8. The Morgan fingerprint density at radius 3 is 2.35 bits per heavy atom. The Labute approximate surface area is 122 Å². The van der Waals surface area contributed by atoms with Gasteiger partial charge in [-0.3, -0.25) is 4.79 Å². The van der Waals surface area contributed by atoms with E-state index in [-0.39, 0.29) is 29.8 Å². The number of carbonyl (C=O) groups excluding carboxylic acids is 1. The zero-order chi connectivity index (χ0) is 14.2. The monoisotopic (exact) mass is 325 g/mol. The van der Waals surface area contributed by atoms with Crippen LogP contribution < -0.4 is 9.80 Å². The molecule has 1 aromatic heterocycles. The number of nitrogens with one attached hydrogen (secondary N) is 1. The zero-order valence-electron chi connectivity index (χ0n) is 11.1. The summed E-state index contributed by atoms with van der Waals surface area (Å²) in [5.41, 5.74) is 7.54. The van der Waals surface area contributed by atoms with Crippen molar-refractivity contribution in [2.45, 2.75) is 6.92 Å². The van der Waals surface area contributed by atoms with Gasteiger partial charge in [0.25, 0.3) is 0 Å². The fourth-order valence-corrected chi connectivity index (χ4v) is 2.77. The van der Waals surface area contributed by atoms with Crippen molar-refractivity contribution in [1.29, 1.82) is 0 Å². The Hall–Kier alpha value is -1.39. The van der Waals surface area contributed by atoms with Gasteiger partial charge in [0.2, 0.25) is 21.1 Å². The average molecular weight is 326 g/mol. The summed E-state index contributed by atoms with van der Waals surface area (Å²) >= 11 is 0. The molecule has 1 saturated heterocycles. The second kappa shape index (κ2) is 5.94. The van der Waals surface area contributed by atoms with Crippen LogP contribution in [0.4, 0.5) is 5.88 Å². The van der Waals surface area contributed by atoms with Crippen LogP contribution in [-0.4, -0.2) is 56.2 Å². The Morgan fingerprint density at radius 2 is 1.90 bits per heavy atom. The van der Waals surface area contributed by atoms with Crippen molar-refractivity contribution >= 4 is 34.1 Å². The third kappa shape index (κ3) is 3.19. The summed E-state index contributed by atoms with van der Waals surface area (Å²) in [5, 5.41) is 5.32. The normalized spacial score (nSPS) is 16.8. The molecule has 0 bridgehead atoms. The minimum Gasteiger partial charge on any atom is -0.659 e. The maximum absolute atomic E-state index is 11.4. The van der Waals surface area contributed by atoms with Crippen molar-refractivity contribution < 1.29 is 22.5 Å². The molecule has 0 atom stereocenters. The van der Waals surface area contributed by atoms with Crippen LogP contribution in [0, 0.1) is 0 Å². The third-order valence-electron chi connectivity index (χ3n) is 2.91. The predicted molar refractivity (Wildman–Crippen MR) is 72.3 cm³/mol. The highest BCUT2D eigenvalue weighted by Crippen LogP contribution is 2.13. The molecule has 11 heteroatoms. The maximum atomic E-state index is 11.4. The number of hydrogen-bond donors (Lipinski definition) is 0. The number of rotatable bonds is 3. The van der Waals surface area contributed by atoms with E-state index in [0.29, 0.717) is 26.2 Å². The molecule has 1 aliphatic rings. The van der Waals surface area contributed by atoms with Crippen molar-refractivity contribution in [2.75, 3.05) is 37.4 Å². The highest BCUT2D eigenvalue weighted by Gasteiger charge is 2.33. The molecule has 1 aromatic rings. The van der Waals surface area contributed by atoms with Gasteiger partial charge in [-0.05, 0) is 0 Å². The largest absolute Gasteiger partial charge is 0.659 e. The first kappa shape index (κ1) is 16.7. The maximum Gasteiger partial charge on any atom is 0.333 e. The lowest BCUT2D eigenvalue weighted by Gasteiger charge is -2.28. The molecular formula is C9H16ClN5O4S. The molecule has 1 fully saturated rings. The van der Waals surface area contributed by atoms with Gasteiger partial charge in [0.1, 0.15) is 5.88 Å². The molecule has 0 spiro atoms. The van der Waals surface area contributed by atoms with E-state index in [1.54, 1.807) is 5.01 Å². The number of aromatic nitrogens is 2. The number of nitrogens with zero attached hydrogens (tertiary/aromatic N) is 4. The van der Waals surface area contributed by atoms with Gasteiger partial charge in [0, 0.05) is 20.0 Å². The van der Waals surface area contributed by atoms with Gasteiger partial charge in [-0.2, -0.15) is 9.31 Å². The molecule has 0 aliphatic carbocycles. The molecule has 0 radical (unpaired) electrons. The summed E-state index contributed by atoms with van der Waals surface area (Å²) in [6.45, 7) is 2.70. The molecule has 2 heterocycles. The first-order chi connectivity index (χ1) is 8.80. The smallest absolute Gasteiger partial charge is 0.333 e. The number of sulfonamides is 1. The first-order valence-corrected chi connectivity index (χ1v) is 7.50. The Morgan fingerprint density at radius 1 is 1.35 bits per heavy atom. The van der Waals surface area contributed by atoms with Crippen LogP contribution in [0.15, 0.2) is 4.52 Å². The summed E-state index contributed by atoms with van der Waals surface area (Å²) in [6.07, 6.45) is 1.16. The van der Waals surface area contributed by atoms with Crippen LogP contribution >= 0.6 is 12.4 Å². The third-order valence-corrected chi connectivity index (χ3v) is 4.21.